The minimum absolute atomic E-state index is 0.188. The summed E-state index contributed by atoms with van der Waals surface area (Å²) in [6.45, 7) is 1.33. The van der Waals surface area contributed by atoms with Crippen LogP contribution in [0.5, 0.6) is 0 Å². The van der Waals surface area contributed by atoms with Crippen molar-refractivity contribution < 1.29 is 14.6 Å². The SMILES string of the molecule is O=C(O)C(Cc1ccccc1Cl)C1CCOCC1. The van der Waals surface area contributed by atoms with Crippen LogP contribution in [0.1, 0.15) is 18.4 Å². The summed E-state index contributed by atoms with van der Waals surface area (Å²) < 4.78 is 5.28. The first-order valence-electron chi connectivity index (χ1n) is 6.22. The highest BCUT2D eigenvalue weighted by Gasteiger charge is 2.30. The molecular formula is C14H17ClO3. The number of carbonyl (C=O) groups is 1. The maximum atomic E-state index is 11.4. The molecule has 1 aliphatic heterocycles. The molecule has 1 unspecified atom stereocenters. The summed E-state index contributed by atoms with van der Waals surface area (Å²) in [6.07, 6.45) is 2.14. The Morgan fingerprint density at radius 1 is 1.39 bits per heavy atom. The molecule has 0 radical (unpaired) electrons. The van der Waals surface area contributed by atoms with Gasteiger partial charge in [0.25, 0.3) is 0 Å². The van der Waals surface area contributed by atoms with E-state index in [2.05, 4.69) is 0 Å². The largest absolute Gasteiger partial charge is 0.481 e. The minimum Gasteiger partial charge on any atom is -0.481 e. The predicted octanol–water partition coefficient (Wildman–Crippen LogP) is 3.01. The lowest BCUT2D eigenvalue weighted by molar-refractivity contribution is -0.144. The summed E-state index contributed by atoms with van der Waals surface area (Å²) in [5.41, 5.74) is 0.915. The predicted molar refractivity (Wildman–Crippen MR) is 69.8 cm³/mol. The van der Waals surface area contributed by atoms with Crippen LogP contribution in [-0.2, 0) is 16.0 Å². The van der Waals surface area contributed by atoms with Crippen molar-refractivity contribution in [1.82, 2.24) is 0 Å². The van der Waals surface area contributed by atoms with E-state index in [1.54, 1.807) is 6.07 Å². The number of halogens is 1. The quantitative estimate of drug-likeness (QED) is 0.913. The molecule has 1 fully saturated rings. The van der Waals surface area contributed by atoms with Crippen molar-refractivity contribution in [3.8, 4) is 0 Å². The van der Waals surface area contributed by atoms with Crippen molar-refractivity contribution in [3.63, 3.8) is 0 Å². The molecule has 0 aromatic heterocycles. The lowest BCUT2D eigenvalue weighted by Gasteiger charge is -2.27. The number of benzene rings is 1. The molecule has 1 atom stereocenters. The lowest BCUT2D eigenvalue weighted by atomic mass is 9.82. The fraction of sp³-hybridized carbons (Fsp3) is 0.500. The third-order valence-corrected chi connectivity index (χ3v) is 3.92. The Hall–Kier alpha value is -1.06. The number of carboxylic acid groups (broad SMARTS) is 1. The van der Waals surface area contributed by atoms with Gasteiger partial charge in [-0.1, -0.05) is 29.8 Å². The molecule has 1 saturated heterocycles. The molecule has 0 amide bonds. The first-order valence-corrected chi connectivity index (χ1v) is 6.60. The third-order valence-electron chi connectivity index (χ3n) is 3.55. The number of hydrogen-bond acceptors (Lipinski definition) is 2. The highest BCUT2D eigenvalue weighted by Crippen LogP contribution is 2.29. The average molecular weight is 269 g/mol. The standard InChI is InChI=1S/C14H17ClO3/c15-13-4-2-1-3-11(13)9-12(14(16)17)10-5-7-18-8-6-10/h1-4,10,12H,5-9H2,(H,16,17). The fourth-order valence-corrected chi connectivity index (χ4v) is 2.69. The van der Waals surface area contributed by atoms with Crippen LogP contribution in [0, 0.1) is 11.8 Å². The van der Waals surface area contributed by atoms with Gasteiger partial charge in [-0.05, 0) is 36.8 Å². The summed E-state index contributed by atoms with van der Waals surface area (Å²) in [7, 11) is 0. The van der Waals surface area contributed by atoms with E-state index in [4.69, 9.17) is 16.3 Å². The monoisotopic (exact) mass is 268 g/mol. The smallest absolute Gasteiger partial charge is 0.307 e. The molecule has 1 aliphatic rings. The second-order valence-corrected chi connectivity index (χ2v) is 5.10. The van der Waals surface area contributed by atoms with Crippen molar-refractivity contribution in [2.45, 2.75) is 19.3 Å². The molecule has 18 heavy (non-hydrogen) atoms. The normalized spacial score (nSPS) is 18.5. The van der Waals surface area contributed by atoms with Crippen molar-refractivity contribution in [3.05, 3.63) is 34.9 Å². The van der Waals surface area contributed by atoms with Crippen LogP contribution in [0.3, 0.4) is 0 Å². The van der Waals surface area contributed by atoms with Crippen LogP contribution in [0.15, 0.2) is 24.3 Å². The van der Waals surface area contributed by atoms with Crippen LogP contribution in [0.2, 0.25) is 5.02 Å². The van der Waals surface area contributed by atoms with E-state index < -0.39 is 5.97 Å². The van der Waals surface area contributed by atoms with Crippen molar-refractivity contribution >= 4 is 17.6 Å². The van der Waals surface area contributed by atoms with E-state index in [9.17, 15) is 9.90 Å². The first-order chi connectivity index (χ1) is 8.68. The zero-order valence-corrected chi connectivity index (χ0v) is 10.9. The second-order valence-electron chi connectivity index (χ2n) is 4.69. The maximum absolute atomic E-state index is 11.4. The lowest BCUT2D eigenvalue weighted by Crippen LogP contribution is -2.30. The number of carboxylic acids is 1. The van der Waals surface area contributed by atoms with Gasteiger partial charge in [-0.3, -0.25) is 4.79 Å². The van der Waals surface area contributed by atoms with Crippen LogP contribution in [0.4, 0.5) is 0 Å². The van der Waals surface area contributed by atoms with Crippen LogP contribution in [0.25, 0.3) is 0 Å². The molecule has 0 spiro atoms. The van der Waals surface area contributed by atoms with Gasteiger partial charge in [-0.2, -0.15) is 0 Å². The Labute approximate surface area is 112 Å². The van der Waals surface area contributed by atoms with Crippen LogP contribution in [-0.4, -0.2) is 24.3 Å². The number of rotatable bonds is 4. The Morgan fingerprint density at radius 3 is 2.67 bits per heavy atom. The number of hydrogen-bond donors (Lipinski definition) is 1. The van der Waals surface area contributed by atoms with Crippen molar-refractivity contribution in [2.75, 3.05) is 13.2 Å². The van der Waals surface area contributed by atoms with E-state index in [1.807, 2.05) is 18.2 Å². The topological polar surface area (TPSA) is 46.5 Å². The molecular weight excluding hydrogens is 252 g/mol. The van der Waals surface area contributed by atoms with E-state index in [-0.39, 0.29) is 11.8 Å². The molecule has 3 nitrogen and oxygen atoms in total. The summed E-state index contributed by atoms with van der Waals surface area (Å²) in [4.78, 5) is 11.4. The summed E-state index contributed by atoms with van der Waals surface area (Å²) in [6, 6.07) is 7.46. The van der Waals surface area contributed by atoms with E-state index >= 15 is 0 Å². The second kappa shape index (κ2) is 6.21. The first kappa shape index (κ1) is 13.4. The number of aliphatic carboxylic acids is 1. The zero-order chi connectivity index (χ0) is 13.0. The average Bonchev–Trinajstić information content (AvgIpc) is 2.38. The van der Waals surface area contributed by atoms with E-state index in [0.717, 1.165) is 18.4 Å². The molecule has 4 heteroatoms. The van der Waals surface area contributed by atoms with E-state index in [1.165, 1.54) is 0 Å². The molecule has 1 aromatic carbocycles. The van der Waals surface area contributed by atoms with Gasteiger partial charge in [0.2, 0.25) is 0 Å². The Kier molecular flexibility index (Phi) is 4.61. The minimum atomic E-state index is -0.734. The summed E-state index contributed by atoms with van der Waals surface area (Å²) >= 11 is 6.09. The number of ether oxygens (including phenoxy) is 1. The molecule has 0 saturated carbocycles. The molecule has 1 heterocycles. The van der Waals surface area contributed by atoms with Crippen LogP contribution >= 0.6 is 11.6 Å². The van der Waals surface area contributed by atoms with Crippen LogP contribution < -0.4 is 0 Å². The highest BCUT2D eigenvalue weighted by atomic mass is 35.5. The zero-order valence-electron chi connectivity index (χ0n) is 10.1. The molecule has 0 bridgehead atoms. The fourth-order valence-electron chi connectivity index (χ4n) is 2.47. The Bertz CT molecular complexity index is 413. The summed E-state index contributed by atoms with van der Waals surface area (Å²) in [5, 5.41) is 10.0. The van der Waals surface area contributed by atoms with Gasteiger partial charge >= 0.3 is 5.97 Å². The van der Waals surface area contributed by atoms with Gasteiger partial charge < -0.3 is 9.84 Å². The molecule has 1 aromatic rings. The van der Waals surface area contributed by atoms with Gasteiger partial charge in [-0.15, -0.1) is 0 Å². The highest BCUT2D eigenvalue weighted by molar-refractivity contribution is 6.31. The van der Waals surface area contributed by atoms with Gasteiger partial charge in [0.15, 0.2) is 0 Å². The van der Waals surface area contributed by atoms with Gasteiger partial charge in [-0.25, -0.2) is 0 Å². The maximum Gasteiger partial charge on any atom is 0.307 e. The van der Waals surface area contributed by atoms with E-state index in [0.29, 0.717) is 24.7 Å². The Morgan fingerprint density at radius 2 is 2.06 bits per heavy atom. The van der Waals surface area contributed by atoms with Gasteiger partial charge in [0.1, 0.15) is 0 Å². The molecule has 1 N–H and O–H groups in total. The third kappa shape index (κ3) is 3.24. The van der Waals surface area contributed by atoms with Crippen molar-refractivity contribution in [2.24, 2.45) is 11.8 Å². The van der Waals surface area contributed by atoms with Gasteiger partial charge in [0.05, 0.1) is 5.92 Å². The molecule has 98 valence electrons. The molecule has 2 rings (SSSR count). The Balaban J connectivity index is 2.11. The summed E-state index contributed by atoms with van der Waals surface area (Å²) in [5.74, 6) is -0.914. The van der Waals surface area contributed by atoms with Crippen molar-refractivity contribution in [1.29, 1.82) is 0 Å². The van der Waals surface area contributed by atoms with Gasteiger partial charge in [0, 0.05) is 18.2 Å². The molecule has 0 aliphatic carbocycles.